The van der Waals surface area contributed by atoms with Gasteiger partial charge in [-0.2, -0.15) is 0 Å². The van der Waals surface area contributed by atoms with Gasteiger partial charge in [0.05, 0.1) is 10.2 Å². The van der Waals surface area contributed by atoms with Crippen molar-refractivity contribution in [2.24, 2.45) is 5.92 Å². The SMILES string of the molecule is O=C(Nc1cccc(-c2nc3ccccc3s2)c1)[C@H]1CC=CCC1. The number of anilines is 1. The first-order valence-corrected chi connectivity index (χ1v) is 9.03. The third-order valence-corrected chi connectivity index (χ3v) is 5.40. The lowest BCUT2D eigenvalue weighted by atomic mass is 9.93. The van der Waals surface area contributed by atoms with E-state index in [-0.39, 0.29) is 11.8 Å². The normalized spacial score (nSPS) is 17.1. The number of allylic oxidation sites excluding steroid dienone is 2. The van der Waals surface area contributed by atoms with Crippen LogP contribution in [-0.2, 0) is 4.79 Å². The lowest BCUT2D eigenvalue weighted by Gasteiger charge is -2.17. The molecule has 0 saturated heterocycles. The first kappa shape index (κ1) is 15.1. The van der Waals surface area contributed by atoms with Crippen molar-refractivity contribution in [3.63, 3.8) is 0 Å². The van der Waals surface area contributed by atoms with Gasteiger partial charge in [0.2, 0.25) is 5.91 Å². The van der Waals surface area contributed by atoms with E-state index in [9.17, 15) is 4.79 Å². The van der Waals surface area contributed by atoms with Crippen molar-refractivity contribution in [1.82, 2.24) is 4.98 Å². The van der Waals surface area contributed by atoms with Crippen LogP contribution in [0.2, 0.25) is 0 Å². The topological polar surface area (TPSA) is 42.0 Å². The summed E-state index contributed by atoms with van der Waals surface area (Å²) in [4.78, 5) is 17.1. The van der Waals surface area contributed by atoms with E-state index in [1.807, 2.05) is 42.5 Å². The van der Waals surface area contributed by atoms with Crippen LogP contribution in [0.25, 0.3) is 20.8 Å². The molecule has 1 heterocycles. The predicted octanol–water partition coefficient (Wildman–Crippen LogP) is 5.26. The standard InChI is InChI=1S/C20H18N2OS/c23-19(14-7-2-1-3-8-14)21-16-10-6-9-15(13-16)20-22-17-11-4-5-12-18(17)24-20/h1-2,4-6,9-14H,3,7-8H2,(H,21,23)/t14-/m0/s1. The zero-order chi connectivity index (χ0) is 16.4. The summed E-state index contributed by atoms with van der Waals surface area (Å²) in [6, 6.07) is 16.1. The molecule has 0 saturated carbocycles. The number of carbonyl (C=O) groups is 1. The van der Waals surface area contributed by atoms with Crippen molar-refractivity contribution in [1.29, 1.82) is 0 Å². The lowest BCUT2D eigenvalue weighted by molar-refractivity contribution is -0.120. The second-order valence-electron chi connectivity index (χ2n) is 6.04. The molecular formula is C20H18N2OS. The number of nitrogens with zero attached hydrogens (tertiary/aromatic N) is 1. The Morgan fingerprint density at radius 3 is 2.88 bits per heavy atom. The largest absolute Gasteiger partial charge is 0.326 e. The van der Waals surface area contributed by atoms with Crippen LogP contribution in [0.4, 0.5) is 5.69 Å². The predicted molar refractivity (Wildman–Crippen MR) is 100 cm³/mol. The van der Waals surface area contributed by atoms with Gasteiger partial charge in [0.15, 0.2) is 0 Å². The van der Waals surface area contributed by atoms with E-state index in [4.69, 9.17) is 0 Å². The van der Waals surface area contributed by atoms with Crippen LogP contribution in [0.15, 0.2) is 60.7 Å². The molecule has 0 radical (unpaired) electrons. The molecule has 2 aromatic carbocycles. The zero-order valence-corrected chi connectivity index (χ0v) is 14.1. The quantitative estimate of drug-likeness (QED) is 0.664. The average Bonchev–Trinajstić information content (AvgIpc) is 3.07. The summed E-state index contributed by atoms with van der Waals surface area (Å²) in [6.45, 7) is 0. The fraction of sp³-hybridized carbons (Fsp3) is 0.200. The van der Waals surface area contributed by atoms with E-state index in [1.165, 1.54) is 4.70 Å². The van der Waals surface area contributed by atoms with Crippen molar-refractivity contribution < 1.29 is 4.79 Å². The summed E-state index contributed by atoms with van der Waals surface area (Å²) in [5.74, 6) is 0.196. The van der Waals surface area contributed by atoms with E-state index in [1.54, 1.807) is 11.3 Å². The Morgan fingerprint density at radius 1 is 1.12 bits per heavy atom. The number of amides is 1. The minimum Gasteiger partial charge on any atom is -0.326 e. The van der Waals surface area contributed by atoms with E-state index in [2.05, 4.69) is 28.5 Å². The number of rotatable bonds is 3. The van der Waals surface area contributed by atoms with Crippen LogP contribution in [-0.4, -0.2) is 10.9 Å². The Hall–Kier alpha value is -2.46. The molecule has 0 bridgehead atoms. The van der Waals surface area contributed by atoms with Gasteiger partial charge in [-0.1, -0.05) is 36.4 Å². The van der Waals surface area contributed by atoms with Crippen LogP contribution in [0, 0.1) is 5.92 Å². The Bertz CT molecular complexity index is 880. The number of aromatic nitrogens is 1. The molecule has 4 rings (SSSR count). The molecule has 0 unspecified atom stereocenters. The van der Waals surface area contributed by atoms with Gasteiger partial charge in [-0.3, -0.25) is 4.79 Å². The van der Waals surface area contributed by atoms with Crippen molar-refractivity contribution in [2.75, 3.05) is 5.32 Å². The third-order valence-electron chi connectivity index (χ3n) is 4.31. The van der Waals surface area contributed by atoms with Crippen molar-refractivity contribution >= 4 is 33.1 Å². The number of para-hydroxylation sites is 1. The second-order valence-corrected chi connectivity index (χ2v) is 7.07. The number of nitrogens with one attached hydrogen (secondary N) is 1. The van der Waals surface area contributed by atoms with E-state index < -0.39 is 0 Å². The van der Waals surface area contributed by atoms with Gasteiger partial charge in [0.1, 0.15) is 5.01 Å². The Labute approximate surface area is 145 Å². The van der Waals surface area contributed by atoms with Crippen molar-refractivity contribution in [3.8, 4) is 10.6 Å². The first-order valence-electron chi connectivity index (χ1n) is 8.21. The van der Waals surface area contributed by atoms with E-state index in [0.29, 0.717) is 0 Å². The molecule has 3 aromatic rings. The van der Waals surface area contributed by atoms with Crippen LogP contribution < -0.4 is 5.32 Å². The molecule has 0 aliphatic heterocycles. The molecule has 24 heavy (non-hydrogen) atoms. The lowest BCUT2D eigenvalue weighted by Crippen LogP contribution is -2.23. The number of thiazole rings is 1. The summed E-state index contributed by atoms with van der Waals surface area (Å²) in [5, 5.41) is 4.04. The van der Waals surface area contributed by atoms with Crippen LogP contribution >= 0.6 is 11.3 Å². The van der Waals surface area contributed by atoms with Crippen LogP contribution in [0.5, 0.6) is 0 Å². The highest BCUT2D eigenvalue weighted by Gasteiger charge is 2.18. The summed E-state index contributed by atoms with van der Waals surface area (Å²) < 4.78 is 1.18. The highest BCUT2D eigenvalue weighted by atomic mass is 32.1. The summed E-state index contributed by atoms with van der Waals surface area (Å²) in [7, 11) is 0. The van der Waals surface area contributed by atoms with Gasteiger partial charge in [-0.15, -0.1) is 11.3 Å². The highest BCUT2D eigenvalue weighted by Crippen LogP contribution is 2.31. The van der Waals surface area contributed by atoms with Gasteiger partial charge in [-0.05, 0) is 43.5 Å². The summed E-state index contributed by atoms with van der Waals surface area (Å²) in [5.41, 5.74) is 2.89. The van der Waals surface area contributed by atoms with Gasteiger partial charge in [0.25, 0.3) is 0 Å². The van der Waals surface area contributed by atoms with Crippen LogP contribution in [0.3, 0.4) is 0 Å². The fourth-order valence-corrected chi connectivity index (χ4v) is 3.96. The average molecular weight is 334 g/mol. The number of carbonyl (C=O) groups excluding carboxylic acids is 1. The molecule has 0 fully saturated rings. The van der Waals surface area contributed by atoms with Gasteiger partial charge in [-0.25, -0.2) is 4.98 Å². The van der Waals surface area contributed by atoms with Crippen molar-refractivity contribution in [3.05, 3.63) is 60.7 Å². The highest BCUT2D eigenvalue weighted by molar-refractivity contribution is 7.21. The number of benzene rings is 2. The summed E-state index contributed by atoms with van der Waals surface area (Å²) in [6.07, 6.45) is 7.01. The molecule has 3 nitrogen and oxygen atoms in total. The molecule has 1 amide bonds. The molecule has 120 valence electrons. The minimum absolute atomic E-state index is 0.0844. The van der Waals surface area contributed by atoms with Crippen molar-refractivity contribution in [2.45, 2.75) is 19.3 Å². The Balaban J connectivity index is 1.57. The molecule has 1 aromatic heterocycles. The van der Waals surface area contributed by atoms with E-state index >= 15 is 0 Å². The number of fused-ring (bicyclic) bond motifs is 1. The molecule has 1 aliphatic rings. The van der Waals surface area contributed by atoms with Gasteiger partial charge < -0.3 is 5.32 Å². The number of hydrogen-bond donors (Lipinski definition) is 1. The maximum absolute atomic E-state index is 12.4. The molecule has 1 N–H and O–H groups in total. The third kappa shape index (κ3) is 3.10. The Morgan fingerprint density at radius 2 is 2.04 bits per heavy atom. The maximum Gasteiger partial charge on any atom is 0.227 e. The molecule has 1 atom stereocenters. The van der Waals surface area contributed by atoms with Crippen LogP contribution in [0.1, 0.15) is 19.3 Å². The molecule has 1 aliphatic carbocycles. The smallest absolute Gasteiger partial charge is 0.227 e. The number of hydrogen-bond acceptors (Lipinski definition) is 3. The van der Waals surface area contributed by atoms with Gasteiger partial charge in [0, 0.05) is 17.2 Å². The summed E-state index contributed by atoms with van der Waals surface area (Å²) >= 11 is 1.67. The van der Waals surface area contributed by atoms with E-state index in [0.717, 1.165) is 41.0 Å². The minimum atomic E-state index is 0.0844. The second kappa shape index (κ2) is 6.57. The van der Waals surface area contributed by atoms with Gasteiger partial charge >= 0.3 is 0 Å². The zero-order valence-electron chi connectivity index (χ0n) is 13.2. The first-order chi connectivity index (χ1) is 11.8. The fourth-order valence-electron chi connectivity index (χ4n) is 3.00. The molecular weight excluding hydrogens is 316 g/mol. The monoisotopic (exact) mass is 334 g/mol. The maximum atomic E-state index is 12.4. The molecule has 4 heteroatoms. The molecule has 0 spiro atoms. The Kier molecular flexibility index (Phi) is 4.13.